The summed E-state index contributed by atoms with van der Waals surface area (Å²) >= 11 is 0. The third-order valence-electron chi connectivity index (χ3n) is 4.12. The van der Waals surface area contributed by atoms with Crippen LogP contribution >= 0.6 is 0 Å². The number of carbonyl (C=O) groups is 1. The quantitative estimate of drug-likeness (QED) is 0.946. The smallest absolute Gasteiger partial charge is 0.227 e. The van der Waals surface area contributed by atoms with Gasteiger partial charge in [0.1, 0.15) is 5.75 Å². The van der Waals surface area contributed by atoms with Gasteiger partial charge in [0.05, 0.1) is 18.7 Å². The molecule has 1 saturated heterocycles. The second-order valence-corrected chi connectivity index (χ2v) is 5.98. The molecule has 116 valence electrons. The minimum atomic E-state index is 0.110. The molecule has 0 spiro atoms. The van der Waals surface area contributed by atoms with E-state index in [9.17, 15) is 9.90 Å². The molecule has 0 saturated carbocycles. The van der Waals surface area contributed by atoms with Crippen LogP contribution in [-0.2, 0) is 11.2 Å². The highest BCUT2D eigenvalue weighted by molar-refractivity contribution is 5.79. The first kappa shape index (κ1) is 14.6. The van der Waals surface area contributed by atoms with Gasteiger partial charge in [-0.05, 0) is 43.0 Å². The number of rotatable bonds is 3. The standard InChI is InChI=1S/C17H21N3O2/c1-13-10-18-20(11-13)15-5-3-7-19(12-15)17(22)9-14-4-2-6-16(21)8-14/h2,4,6,8,10-11,15,21H,3,5,7,9,12H2,1H3/t15-/m1/s1. The molecule has 1 fully saturated rings. The highest BCUT2D eigenvalue weighted by Gasteiger charge is 2.25. The lowest BCUT2D eigenvalue weighted by Gasteiger charge is -2.33. The lowest BCUT2D eigenvalue weighted by Crippen LogP contribution is -2.41. The van der Waals surface area contributed by atoms with Crippen LogP contribution in [0.5, 0.6) is 5.75 Å². The van der Waals surface area contributed by atoms with E-state index < -0.39 is 0 Å². The number of hydrogen-bond donors (Lipinski definition) is 1. The Morgan fingerprint density at radius 2 is 2.32 bits per heavy atom. The topological polar surface area (TPSA) is 58.4 Å². The molecule has 1 aliphatic heterocycles. The van der Waals surface area contributed by atoms with Gasteiger partial charge in [-0.1, -0.05) is 12.1 Å². The predicted octanol–water partition coefficient (Wildman–Crippen LogP) is 2.30. The van der Waals surface area contributed by atoms with Gasteiger partial charge < -0.3 is 10.0 Å². The van der Waals surface area contributed by atoms with E-state index in [4.69, 9.17) is 0 Å². The Kier molecular flexibility index (Phi) is 4.13. The summed E-state index contributed by atoms with van der Waals surface area (Å²) < 4.78 is 1.98. The summed E-state index contributed by atoms with van der Waals surface area (Å²) in [5.74, 6) is 0.313. The largest absolute Gasteiger partial charge is 0.508 e. The monoisotopic (exact) mass is 299 g/mol. The molecule has 3 rings (SSSR count). The molecule has 1 aromatic carbocycles. The molecular formula is C17H21N3O2. The molecule has 0 unspecified atom stereocenters. The van der Waals surface area contributed by atoms with Crippen LogP contribution in [0.2, 0.25) is 0 Å². The van der Waals surface area contributed by atoms with Gasteiger partial charge in [0, 0.05) is 19.3 Å². The molecule has 2 aromatic rings. The van der Waals surface area contributed by atoms with Crippen LogP contribution in [-0.4, -0.2) is 38.8 Å². The van der Waals surface area contributed by atoms with Gasteiger partial charge in [0.15, 0.2) is 0 Å². The first-order chi connectivity index (χ1) is 10.6. The molecule has 1 aromatic heterocycles. The number of hydrogen-bond acceptors (Lipinski definition) is 3. The summed E-state index contributed by atoms with van der Waals surface area (Å²) in [5.41, 5.74) is 1.99. The van der Waals surface area contributed by atoms with Crippen molar-refractivity contribution in [2.45, 2.75) is 32.2 Å². The normalized spacial score (nSPS) is 18.4. The van der Waals surface area contributed by atoms with E-state index in [-0.39, 0.29) is 17.7 Å². The van der Waals surface area contributed by atoms with Crippen LogP contribution in [0.4, 0.5) is 0 Å². The highest BCUT2D eigenvalue weighted by Crippen LogP contribution is 2.22. The van der Waals surface area contributed by atoms with Crippen LogP contribution in [0.15, 0.2) is 36.7 Å². The zero-order valence-electron chi connectivity index (χ0n) is 12.8. The molecule has 2 heterocycles. The van der Waals surface area contributed by atoms with Crippen molar-refractivity contribution in [3.63, 3.8) is 0 Å². The molecule has 1 amide bonds. The molecule has 0 aliphatic carbocycles. The highest BCUT2D eigenvalue weighted by atomic mass is 16.3. The van der Waals surface area contributed by atoms with Crippen LogP contribution in [0, 0.1) is 6.92 Å². The molecule has 22 heavy (non-hydrogen) atoms. The van der Waals surface area contributed by atoms with Crippen LogP contribution in [0.25, 0.3) is 0 Å². The Morgan fingerprint density at radius 1 is 1.45 bits per heavy atom. The summed E-state index contributed by atoms with van der Waals surface area (Å²) in [7, 11) is 0. The maximum atomic E-state index is 12.5. The van der Waals surface area contributed by atoms with Crippen LogP contribution in [0.1, 0.15) is 30.0 Å². The van der Waals surface area contributed by atoms with Gasteiger partial charge in [0.2, 0.25) is 5.91 Å². The Balaban J connectivity index is 1.65. The van der Waals surface area contributed by atoms with Crippen molar-refractivity contribution in [1.82, 2.24) is 14.7 Å². The lowest BCUT2D eigenvalue weighted by atomic mass is 10.0. The Bertz CT molecular complexity index is 665. The SMILES string of the molecule is Cc1cnn([C@@H]2CCCN(C(=O)Cc3cccc(O)c3)C2)c1. The minimum absolute atomic E-state index is 0.110. The van der Waals surface area contributed by atoms with E-state index in [0.29, 0.717) is 13.0 Å². The number of aryl methyl sites for hydroxylation is 1. The van der Waals surface area contributed by atoms with Crippen molar-refractivity contribution < 1.29 is 9.90 Å². The van der Waals surface area contributed by atoms with E-state index in [1.54, 1.807) is 18.2 Å². The van der Waals surface area contributed by atoms with Crippen molar-refractivity contribution >= 4 is 5.91 Å². The summed E-state index contributed by atoms with van der Waals surface area (Å²) in [6.45, 7) is 3.53. The van der Waals surface area contributed by atoms with Crippen LogP contribution in [0.3, 0.4) is 0 Å². The van der Waals surface area contributed by atoms with Crippen molar-refractivity contribution in [2.24, 2.45) is 0 Å². The number of aromatic hydroxyl groups is 1. The van der Waals surface area contributed by atoms with Crippen molar-refractivity contribution in [1.29, 1.82) is 0 Å². The summed E-state index contributed by atoms with van der Waals surface area (Å²) in [5, 5.41) is 13.9. The molecule has 1 atom stereocenters. The fourth-order valence-electron chi connectivity index (χ4n) is 2.98. The number of nitrogens with zero attached hydrogens (tertiary/aromatic N) is 3. The van der Waals surface area contributed by atoms with E-state index in [0.717, 1.165) is 30.5 Å². The molecule has 0 bridgehead atoms. The Labute approximate surface area is 130 Å². The first-order valence-electron chi connectivity index (χ1n) is 7.68. The van der Waals surface area contributed by atoms with Gasteiger partial charge in [-0.15, -0.1) is 0 Å². The van der Waals surface area contributed by atoms with Crippen molar-refractivity contribution in [2.75, 3.05) is 13.1 Å². The van der Waals surface area contributed by atoms with Gasteiger partial charge in [0.25, 0.3) is 0 Å². The fourth-order valence-corrected chi connectivity index (χ4v) is 2.98. The fraction of sp³-hybridized carbons (Fsp3) is 0.412. The lowest BCUT2D eigenvalue weighted by molar-refractivity contribution is -0.132. The average molecular weight is 299 g/mol. The number of phenolic OH excluding ortho intramolecular Hbond substituents is 1. The van der Waals surface area contributed by atoms with Crippen molar-refractivity contribution in [3.05, 3.63) is 47.8 Å². The van der Waals surface area contributed by atoms with E-state index in [1.165, 1.54) is 0 Å². The van der Waals surface area contributed by atoms with Gasteiger partial charge in [-0.3, -0.25) is 9.48 Å². The second kappa shape index (κ2) is 6.22. The average Bonchev–Trinajstić information content (AvgIpc) is 2.94. The zero-order chi connectivity index (χ0) is 15.5. The number of piperidine rings is 1. The zero-order valence-corrected chi connectivity index (χ0v) is 12.8. The molecule has 0 radical (unpaired) electrons. The molecule has 5 heteroatoms. The summed E-state index contributed by atoms with van der Waals surface area (Å²) in [6.07, 6.45) is 6.27. The molecule has 1 N–H and O–H groups in total. The number of likely N-dealkylation sites (tertiary alicyclic amines) is 1. The Morgan fingerprint density at radius 3 is 3.05 bits per heavy atom. The van der Waals surface area contributed by atoms with Gasteiger partial charge in [-0.2, -0.15) is 5.10 Å². The van der Waals surface area contributed by atoms with E-state index in [1.807, 2.05) is 35.0 Å². The maximum Gasteiger partial charge on any atom is 0.227 e. The van der Waals surface area contributed by atoms with E-state index in [2.05, 4.69) is 5.10 Å². The minimum Gasteiger partial charge on any atom is -0.508 e. The molecular weight excluding hydrogens is 278 g/mol. The number of benzene rings is 1. The molecule has 5 nitrogen and oxygen atoms in total. The Hall–Kier alpha value is -2.30. The number of aromatic nitrogens is 2. The predicted molar refractivity (Wildman–Crippen MR) is 83.6 cm³/mol. The summed E-state index contributed by atoms with van der Waals surface area (Å²) in [4.78, 5) is 14.4. The number of carbonyl (C=O) groups excluding carboxylic acids is 1. The maximum absolute atomic E-state index is 12.5. The van der Waals surface area contributed by atoms with Crippen molar-refractivity contribution in [3.8, 4) is 5.75 Å². The number of phenols is 1. The first-order valence-corrected chi connectivity index (χ1v) is 7.68. The van der Waals surface area contributed by atoms with Gasteiger partial charge >= 0.3 is 0 Å². The van der Waals surface area contributed by atoms with E-state index >= 15 is 0 Å². The number of amides is 1. The second-order valence-electron chi connectivity index (χ2n) is 5.98. The third-order valence-corrected chi connectivity index (χ3v) is 4.12. The third kappa shape index (κ3) is 3.30. The molecule has 1 aliphatic rings. The van der Waals surface area contributed by atoms with Gasteiger partial charge in [-0.25, -0.2) is 0 Å². The summed E-state index contributed by atoms with van der Waals surface area (Å²) in [6, 6.07) is 7.16. The van der Waals surface area contributed by atoms with Crippen LogP contribution < -0.4 is 0 Å².